The number of hydrogen-bond acceptors (Lipinski definition) is 3. The molecule has 0 aromatic heterocycles. The largest absolute Gasteiger partial charge is 0.399 e. The van der Waals surface area contributed by atoms with E-state index in [0.29, 0.717) is 12.3 Å². The standard InChI is InChI=1S/C13H17NO2/c1-9-8-10(14)5-6-11(9)13(15)12-4-2-3-7-16-12/h5-6,8,12H,2-4,7,14H2,1H3. The lowest BCUT2D eigenvalue weighted by Crippen LogP contribution is -2.28. The van der Waals surface area contributed by atoms with Gasteiger partial charge in [0.1, 0.15) is 6.10 Å². The number of carbonyl (C=O) groups excluding carboxylic acids is 1. The van der Waals surface area contributed by atoms with Crippen LogP contribution < -0.4 is 5.73 Å². The summed E-state index contributed by atoms with van der Waals surface area (Å²) in [5, 5.41) is 0. The third-order valence-electron chi connectivity index (χ3n) is 2.99. The molecule has 1 aliphatic rings. The minimum atomic E-state index is -0.254. The molecule has 1 unspecified atom stereocenters. The maximum absolute atomic E-state index is 12.2. The lowest BCUT2D eigenvalue weighted by Gasteiger charge is -2.22. The Morgan fingerprint density at radius 2 is 2.25 bits per heavy atom. The predicted octanol–water partition coefficient (Wildman–Crippen LogP) is 2.33. The van der Waals surface area contributed by atoms with Gasteiger partial charge in [-0.1, -0.05) is 0 Å². The molecule has 16 heavy (non-hydrogen) atoms. The van der Waals surface area contributed by atoms with Crippen molar-refractivity contribution < 1.29 is 9.53 Å². The van der Waals surface area contributed by atoms with E-state index in [1.807, 2.05) is 13.0 Å². The topological polar surface area (TPSA) is 52.3 Å². The van der Waals surface area contributed by atoms with Crippen molar-refractivity contribution in [2.75, 3.05) is 12.3 Å². The molecule has 1 heterocycles. The lowest BCUT2D eigenvalue weighted by molar-refractivity contribution is 0.0186. The first kappa shape index (κ1) is 11.1. The summed E-state index contributed by atoms with van der Waals surface area (Å²) < 4.78 is 5.50. The van der Waals surface area contributed by atoms with E-state index < -0.39 is 0 Å². The van der Waals surface area contributed by atoms with Crippen LogP contribution in [0.25, 0.3) is 0 Å². The first-order chi connectivity index (χ1) is 7.68. The van der Waals surface area contributed by atoms with E-state index in [1.54, 1.807) is 12.1 Å². The molecular weight excluding hydrogens is 202 g/mol. The summed E-state index contributed by atoms with van der Waals surface area (Å²) in [5.74, 6) is 0.0946. The van der Waals surface area contributed by atoms with Gasteiger partial charge in [0.2, 0.25) is 0 Å². The Labute approximate surface area is 95.6 Å². The zero-order valence-electron chi connectivity index (χ0n) is 9.53. The summed E-state index contributed by atoms with van der Waals surface area (Å²) in [6.45, 7) is 2.61. The van der Waals surface area contributed by atoms with Crippen LogP contribution in [-0.4, -0.2) is 18.5 Å². The fourth-order valence-corrected chi connectivity index (χ4v) is 2.08. The van der Waals surface area contributed by atoms with Crippen LogP contribution in [0.15, 0.2) is 18.2 Å². The normalized spacial score (nSPS) is 20.7. The van der Waals surface area contributed by atoms with Gasteiger partial charge in [-0.2, -0.15) is 0 Å². The second-order valence-corrected chi connectivity index (χ2v) is 4.29. The summed E-state index contributed by atoms with van der Waals surface area (Å²) in [6.07, 6.45) is 2.72. The molecule has 2 rings (SSSR count). The van der Waals surface area contributed by atoms with Gasteiger partial charge in [-0.15, -0.1) is 0 Å². The highest BCUT2D eigenvalue weighted by Gasteiger charge is 2.24. The van der Waals surface area contributed by atoms with Crippen LogP contribution in [0.4, 0.5) is 5.69 Å². The van der Waals surface area contributed by atoms with Crippen LogP contribution in [0.1, 0.15) is 35.2 Å². The lowest BCUT2D eigenvalue weighted by atomic mass is 9.96. The number of ether oxygens (including phenoxy) is 1. The third-order valence-corrected chi connectivity index (χ3v) is 2.99. The van der Waals surface area contributed by atoms with Crippen molar-refractivity contribution in [3.8, 4) is 0 Å². The van der Waals surface area contributed by atoms with Crippen molar-refractivity contribution in [3.63, 3.8) is 0 Å². The van der Waals surface area contributed by atoms with E-state index >= 15 is 0 Å². The quantitative estimate of drug-likeness (QED) is 0.613. The molecule has 1 aliphatic heterocycles. The summed E-state index contributed by atoms with van der Waals surface area (Å²) in [5.41, 5.74) is 8.02. The Kier molecular flexibility index (Phi) is 3.25. The molecule has 86 valence electrons. The molecule has 0 aliphatic carbocycles. The van der Waals surface area contributed by atoms with E-state index in [-0.39, 0.29) is 11.9 Å². The molecule has 1 atom stereocenters. The second kappa shape index (κ2) is 4.66. The predicted molar refractivity (Wildman–Crippen MR) is 63.5 cm³/mol. The third kappa shape index (κ3) is 2.25. The van der Waals surface area contributed by atoms with Crippen molar-refractivity contribution in [2.24, 2.45) is 0 Å². The first-order valence-electron chi connectivity index (χ1n) is 5.70. The molecule has 0 radical (unpaired) electrons. The number of hydrogen-bond donors (Lipinski definition) is 1. The maximum Gasteiger partial charge on any atom is 0.191 e. The average molecular weight is 219 g/mol. The Bertz CT molecular complexity index is 395. The smallest absolute Gasteiger partial charge is 0.191 e. The second-order valence-electron chi connectivity index (χ2n) is 4.29. The van der Waals surface area contributed by atoms with Crippen molar-refractivity contribution in [1.82, 2.24) is 0 Å². The van der Waals surface area contributed by atoms with Crippen LogP contribution in [0, 0.1) is 6.92 Å². The van der Waals surface area contributed by atoms with Crippen LogP contribution in [0.5, 0.6) is 0 Å². The Hall–Kier alpha value is -1.35. The van der Waals surface area contributed by atoms with Crippen molar-refractivity contribution in [3.05, 3.63) is 29.3 Å². The number of nitrogens with two attached hydrogens (primary N) is 1. The zero-order valence-corrected chi connectivity index (χ0v) is 9.53. The molecular formula is C13H17NO2. The highest BCUT2D eigenvalue weighted by Crippen LogP contribution is 2.20. The van der Waals surface area contributed by atoms with Gasteiger partial charge in [0.15, 0.2) is 5.78 Å². The van der Waals surface area contributed by atoms with Crippen molar-refractivity contribution >= 4 is 11.5 Å². The van der Waals surface area contributed by atoms with Gasteiger partial charge in [-0.25, -0.2) is 0 Å². The minimum absolute atomic E-state index is 0.0946. The number of rotatable bonds is 2. The molecule has 0 saturated carbocycles. The Balaban J connectivity index is 2.19. The minimum Gasteiger partial charge on any atom is -0.399 e. The van der Waals surface area contributed by atoms with Crippen molar-refractivity contribution in [2.45, 2.75) is 32.3 Å². The fourth-order valence-electron chi connectivity index (χ4n) is 2.08. The summed E-state index contributed by atoms with van der Waals surface area (Å²) in [4.78, 5) is 12.2. The number of carbonyl (C=O) groups is 1. The van der Waals surface area contributed by atoms with E-state index in [2.05, 4.69) is 0 Å². The summed E-state index contributed by atoms with van der Waals surface area (Å²) in [6, 6.07) is 5.39. The Morgan fingerprint density at radius 1 is 1.44 bits per heavy atom. The molecule has 0 spiro atoms. The van der Waals surface area contributed by atoms with Gasteiger partial charge in [0, 0.05) is 17.9 Å². The molecule has 0 bridgehead atoms. The van der Waals surface area contributed by atoms with E-state index in [4.69, 9.17) is 10.5 Å². The van der Waals surface area contributed by atoms with Crippen LogP contribution in [0.2, 0.25) is 0 Å². The molecule has 3 heteroatoms. The zero-order chi connectivity index (χ0) is 11.5. The average Bonchev–Trinajstić information content (AvgIpc) is 2.29. The molecule has 1 fully saturated rings. The van der Waals surface area contributed by atoms with Gasteiger partial charge >= 0.3 is 0 Å². The number of anilines is 1. The number of ketones is 1. The molecule has 2 N–H and O–H groups in total. The highest BCUT2D eigenvalue weighted by atomic mass is 16.5. The molecule has 1 aromatic rings. The number of benzene rings is 1. The van der Waals surface area contributed by atoms with Crippen molar-refractivity contribution in [1.29, 1.82) is 0 Å². The molecule has 0 amide bonds. The number of aryl methyl sites for hydroxylation is 1. The van der Waals surface area contributed by atoms with Gasteiger partial charge in [-0.3, -0.25) is 4.79 Å². The highest BCUT2D eigenvalue weighted by molar-refractivity contribution is 6.01. The molecule has 3 nitrogen and oxygen atoms in total. The van der Waals surface area contributed by atoms with Crippen LogP contribution >= 0.6 is 0 Å². The van der Waals surface area contributed by atoms with Gasteiger partial charge < -0.3 is 10.5 Å². The fraction of sp³-hybridized carbons (Fsp3) is 0.462. The Morgan fingerprint density at radius 3 is 2.88 bits per heavy atom. The number of Topliss-reactive ketones (excluding diaryl/α,β-unsaturated/α-hetero) is 1. The maximum atomic E-state index is 12.2. The van der Waals surface area contributed by atoms with E-state index in [1.165, 1.54) is 0 Å². The first-order valence-corrected chi connectivity index (χ1v) is 5.70. The van der Waals surface area contributed by atoms with Crippen LogP contribution in [0.3, 0.4) is 0 Å². The van der Waals surface area contributed by atoms with Crippen LogP contribution in [-0.2, 0) is 4.74 Å². The van der Waals surface area contributed by atoms with E-state index in [0.717, 1.165) is 30.4 Å². The summed E-state index contributed by atoms with van der Waals surface area (Å²) in [7, 11) is 0. The molecule has 1 saturated heterocycles. The number of nitrogen functional groups attached to an aromatic ring is 1. The van der Waals surface area contributed by atoms with Gasteiger partial charge in [0.25, 0.3) is 0 Å². The van der Waals surface area contributed by atoms with E-state index in [9.17, 15) is 4.79 Å². The van der Waals surface area contributed by atoms with Gasteiger partial charge in [0.05, 0.1) is 0 Å². The van der Waals surface area contributed by atoms with Gasteiger partial charge in [-0.05, 0) is 49.9 Å². The summed E-state index contributed by atoms with van der Waals surface area (Å²) >= 11 is 0. The monoisotopic (exact) mass is 219 g/mol. The SMILES string of the molecule is Cc1cc(N)ccc1C(=O)C1CCCCO1. The molecule has 1 aromatic carbocycles.